The quantitative estimate of drug-likeness (QED) is 0.946. The molecule has 4 heteroatoms. The summed E-state index contributed by atoms with van der Waals surface area (Å²) in [5.74, 6) is 1.59. The molecule has 0 unspecified atom stereocenters. The smallest absolute Gasteiger partial charge is 0.134 e. The second kappa shape index (κ2) is 5.62. The highest BCUT2D eigenvalue weighted by Crippen LogP contribution is 2.42. The lowest BCUT2D eigenvalue weighted by atomic mass is 9.76. The van der Waals surface area contributed by atoms with Gasteiger partial charge in [-0.25, -0.2) is 0 Å². The predicted octanol–water partition coefficient (Wildman–Crippen LogP) is 2.88. The zero-order chi connectivity index (χ0) is 16.0. The van der Waals surface area contributed by atoms with E-state index in [0.29, 0.717) is 12.5 Å². The third-order valence-corrected chi connectivity index (χ3v) is 5.76. The Hall–Kier alpha value is -1.36. The fourth-order valence-corrected chi connectivity index (χ4v) is 4.29. The predicted molar refractivity (Wildman–Crippen MR) is 89.4 cm³/mol. The van der Waals surface area contributed by atoms with Crippen LogP contribution in [0.3, 0.4) is 0 Å². The van der Waals surface area contributed by atoms with Gasteiger partial charge in [-0.3, -0.25) is 4.90 Å². The van der Waals surface area contributed by atoms with Crippen molar-refractivity contribution >= 4 is 11.0 Å². The minimum absolute atomic E-state index is 0.0746. The van der Waals surface area contributed by atoms with Gasteiger partial charge in [0.2, 0.25) is 0 Å². The summed E-state index contributed by atoms with van der Waals surface area (Å²) >= 11 is 0. The fourth-order valence-electron chi connectivity index (χ4n) is 4.29. The van der Waals surface area contributed by atoms with Crippen LogP contribution in [0.2, 0.25) is 0 Å². The summed E-state index contributed by atoms with van der Waals surface area (Å²) in [4.78, 5) is 2.42. The number of aliphatic hydroxyl groups excluding tert-OH is 1. The Balaban J connectivity index is 1.58. The maximum absolute atomic E-state index is 9.91. The van der Waals surface area contributed by atoms with Gasteiger partial charge in [-0.2, -0.15) is 0 Å². The maximum atomic E-state index is 9.91. The molecule has 1 aromatic carbocycles. The summed E-state index contributed by atoms with van der Waals surface area (Å²) in [7, 11) is 0. The third kappa shape index (κ3) is 2.49. The topological polar surface area (TPSA) is 45.8 Å². The molecule has 2 aliphatic rings. The van der Waals surface area contributed by atoms with Crippen molar-refractivity contribution in [3.63, 3.8) is 0 Å². The number of fused-ring (bicyclic) bond motifs is 2. The van der Waals surface area contributed by atoms with Gasteiger partial charge in [-0.05, 0) is 43.9 Å². The molecule has 2 atom stereocenters. The number of aliphatic hydroxyl groups is 1. The molecule has 4 nitrogen and oxygen atoms in total. The van der Waals surface area contributed by atoms with Crippen LogP contribution in [0.4, 0.5) is 0 Å². The van der Waals surface area contributed by atoms with Gasteiger partial charge < -0.3 is 14.3 Å². The van der Waals surface area contributed by atoms with Crippen molar-refractivity contribution in [2.45, 2.75) is 26.8 Å². The average Bonchev–Trinajstić information content (AvgIpc) is 3.07. The Bertz CT molecular complexity index is 723. The lowest BCUT2D eigenvalue weighted by Gasteiger charge is -2.36. The number of ether oxygens (including phenoxy) is 1. The zero-order valence-electron chi connectivity index (χ0n) is 14.0. The van der Waals surface area contributed by atoms with E-state index in [9.17, 15) is 5.11 Å². The van der Waals surface area contributed by atoms with Gasteiger partial charge in [0.25, 0.3) is 0 Å². The number of nitrogens with zero attached hydrogens (tertiary/aromatic N) is 1. The maximum Gasteiger partial charge on any atom is 0.134 e. The van der Waals surface area contributed by atoms with E-state index in [1.807, 2.05) is 0 Å². The van der Waals surface area contributed by atoms with E-state index in [0.717, 1.165) is 44.0 Å². The Morgan fingerprint density at radius 3 is 3.00 bits per heavy atom. The van der Waals surface area contributed by atoms with E-state index in [1.165, 1.54) is 16.5 Å². The van der Waals surface area contributed by atoms with Gasteiger partial charge in [0.05, 0.1) is 19.8 Å². The van der Waals surface area contributed by atoms with Crippen LogP contribution in [0, 0.1) is 25.2 Å². The standard InChI is InChI=1S/C19H25NO3/c1-13-3-4-17-16(7-13)14(2)18(23-17)9-20-8-15-5-6-22-12-19(15,10-20)11-21/h3-4,7,15,21H,5-6,8-12H2,1-2H3/t15-,19+/m0/s1. The third-order valence-electron chi connectivity index (χ3n) is 5.76. The van der Waals surface area contributed by atoms with E-state index >= 15 is 0 Å². The molecule has 2 aromatic rings. The number of furan rings is 1. The molecule has 23 heavy (non-hydrogen) atoms. The highest BCUT2D eigenvalue weighted by atomic mass is 16.5. The largest absolute Gasteiger partial charge is 0.459 e. The second-order valence-electron chi connectivity index (χ2n) is 7.38. The molecule has 0 amide bonds. The van der Waals surface area contributed by atoms with Crippen molar-refractivity contribution < 1.29 is 14.3 Å². The first-order valence-electron chi connectivity index (χ1n) is 8.51. The van der Waals surface area contributed by atoms with Crippen LogP contribution in [0.25, 0.3) is 11.0 Å². The molecule has 0 saturated carbocycles. The van der Waals surface area contributed by atoms with E-state index in [2.05, 4.69) is 36.9 Å². The molecule has 2 fully saturated rings. The molecule has 2 saturated heterocycles. The molecular weight excluding hydrogens is 290 g/mol. The van der Waals surface area contributed by atoms with Gasteiger partial charge in [0.15, 0.2) is 0 Å². The van der Waals surface area contributed by atoms with Crippen LogP contribution < -0.4 is 0 Å². The lowest BCUT2D eigenvalue weighted by Crippen LogP contribution is -2.42. The summed E-state index contributed by atoms with van der Waals surface area (Å²) in [6.07, 6.45) is 1.05. The summed E-state index contributed by atoms with van der Waals surface area (Å²) in [6.45, 7) is 8.72. The summed E-state index contributed by atoms with van der Waals surface area (Å²) in [5.41, 5.74) is 3.40. The molecule has 1 aromatic heterocycles. The van der Waals surface area contributed by atoms with Crippen LogP contribution in [0.15, 0.2) is 22.6 Å². The van der Waals surface area contributed by atoms with Gasteiger partial charge >= 0.3 is 0 Å². The first-order valence-corrected chi connectivity index (χ1v) is 8.51. The molecule has 0 bridgehead atoms. The van der Waals surface area contributed by atoms with E-state index in [-0.39, 0.29) is 12.0 Å². The number of likely N-dealkylation sites (tertiary alicyclic amines) is 1. The molecule has 4 rings (SSSR count). The van der Waals surface area contributed by atoms with Gasteiger partial charge in [-0.15, -0.1) is 0 Å². The average molecular weight is 315 g/mol. The van der Waals surface area contributed by atoms with E-state index < -0.39 is 0 Å². The Labute approximate surface area is 137 Å². The van der Waals surface area contributed by atoms with E-state index in [4.69, 9.17) is 9.15 Å². The highest BCUT2D eigenvalue weighted by Gasteiger charge is 2.48. The molecule has 2 aliphatic heterocycles. The van der Waals surface area contributed by atoms with Crippen molar-refractivity contribution in [3.8, 4) is 0 Å². The highest BCUT2D eigenvalue weighted by molar-refractivity contribution is 5.82. The molecule has 0 spiro atoms. The van der Waals surface area contributed by atoms with Crippen LogP contribution in [0.5, 0.6) is 0 Å². The van der Waals surface area contributed by atoms with E-state index in [1.54, 1.807) is 0 Å². The molecule has 1 N–H and O–H groups in total. The normalized spacial score (nSPS) is 28.4. The van der Waals surface area contributed by atoms with Crippen molar-refractivity contribution in [2.75, 3.05) is 32.9 Å². The molecule has 0 radical (unpaired) electrons. The van der Waals surface area contributed by atoms with Crippen molar-refractivity contribution in [1.82, 2.24) is 4.90 Å². The minimum atomic E-state index is -0.0746. The number of benzene rings is 1. The molecular formula is C19H25NO3. The van der Waals surface area contributed by atoms with Gasteiger partial charge in [0, 0.05) is 30.5 Å². The van der Waals surface area contributed by atoms with Crippen LogP contribution in [-0.2, 0) is 11.3 Å². The Morgan fingerprint density at radius 1 is 1.35 bits per heavy atom. The molecule has 0 aliphatic carbocycles. The number of rotatable bonds is 3. The monoisotopic (exact) mass is 315 g/mol. The van der Waals surface area contributed by atoms with Gasteiger partial charge in [0.1, 0.15) is 11.3 Å². The molecule has 124 valence electrons. The lowest BCUT2D eigenvalue weighted by molar-refractivity contribution is -0.0561. The number of aryl methyl sites for hydroxylation is 2. The van der Waals surface area contributed by atoms with Crippen LogP contribution >= 0.6 is 0 Å². The van der Waals surface area contributed by atoms with Crippen molar-refractivity contribution in [1.29, 1.82) is 0 Å². The number of hydrogen-bond acceptors (Lipinski definition) is 4. The van der Waals surface area contributed by atoms with Crippen LogP contribution in [0.1, 0.15) is 23.3 Å². The minimum Gasteiger partial charge on any atom is -0.459 e. The second-order valence-corrected chi connectivity index (χ2v) is 7.38. The Kier molecular flexibility index (Phi) is 3.71. The molecule has 3 heterocycles. The van der Waals surface area contributed by atoms with Crippen LogP contribution in [-0.4, -0.2) is 42.9 Å². The summed E-state index contributed by atoms with van der Waals surface area (Å²) in [5, 5.41) is 11.1. The zero-order valence-corrected chi connectivity index (χ0v) is 14.0. The number of hydrogen-bond donors (Lipinski definition) is 1. The fraction of sp³-hybridized carbons (Fsp3) is 0.579. The SMILES string of the molecule is Cc1ccc2oc(CN3C[C@@H]4CCOC[C@]4(CO)C3)c(C)c2c1. The van der Waals surface area contributed by atoms with Crippen molar-refractivity contribution in [2.24, 2.45) is 11.3 Å². The first kappa shape index (κ1) is 15.2. The summed E-state index contributed by atoms with van der Waals surface area (Å²) in [6, 6.07) is 6.36. The first-order chi connectivity index (χ1) is 11.1. The Morgan fingerprint density at radius 2 is 2.22 bits per heavy atom. The van der Waals surface area contributed by atoms with Crippen molar-refractivity contribution in [3.05, 3.63) is 35.1 Å². The van der Waals surface area contributed by atoms with Gasteiger partial charge in [-0.1, -0.05) is 11.6 Å². The summed E-state index contributed by atoms with van der Waals surface area (Å²) < 4.78 is 11.8.